The van der Waals surface area contributed by atoms with Crippen LogP contribution in [0.2, 0.25) is 0 Å². The molecule has 3 rings (SSSR count). The van der Waals surface area contributed by atoms with Crippen molar-refractivity contribution in [3.63, 3.8) is 0 Å². The zero-order valence-electron chi connectivity index (χ0n) is 14.2. The molecule has 1 aliphatic heterocycles. The summed E-state index contributed by atoms with van der Waals surface area (Å²) >= 11 is 3.40. The van der Waals surface area contributed by atoms with Crippen molar-refractivity contribution < 1.29 is 19.1 Å². The molecule has 0 saturated carbocycles. The number of halogens is 1. The number of hydrogen-bond acceptors (Lipinski definition) is 4. The predicted molar refractivity (Wildman–Crippen MR) is 101 cm³/mol. The van der Waals surface area contributed by atoms with E-state index in [4.69, 9.17) is 9.47 Å². The van der Waals surface area contributed by atoms with E-state index >= 15 is 0 Å². The number of hydrogen-bond donors (Lipinski definition) is 2. The SMILES string of the molecule is CCOC(=O)C1CC(NC(=O)Nc2ccccc2Br)c2ccccc2O1. The summed E-state index contributed by atoms with van der Waals surface area (Å²) in [5, 5.41) is 5.72. The van der Waals surface area contributed by atoms with Crippen molar-refractivity contribution in [3.8, 4) is 5.75 Å². The summed E-state index contributed by atoms with van der Waals surface area (Å²) in [6.07, 6.45) is -0.446. The van der Waals surface area contributed by atoms with Gasteiger partial charge in [-0.2, -0.15) is 0 Å². The van der Waals surface area contributed by atoms with Gasteiger partial charge in [0.05, 0.1) is 18.3 Å². The number of esters is 1. The van der Waals surface area contributed by atoms with Gasteiger partial charge in [-0.05, 0) is 41.1 Å². The molecule has 0 saturated heterocycles. The topological polar surface area (TPSA) is 76.7 Å². The highest BCUT2D eigenvalue weighted by molar-refractivity contribution is 9.10. The minimum absolute atomic E-state index is 0.279. The molecule has 0 aliphatic carbocycles. The fourth-order valence-electron chi connectivity index (χ4n) is 2.81. The molecule has 7 heteroatoms. The van der Waals surface area contributed by atoms with Crippen LogP contribution in [-0.2, 0) is 9.53 Å². The summed E-state index contributed by atoms with van der Waals surface area (Å²) in [6, 6.07) is 14.0. The monoisotopic (exact) mass is 418 g/mol. The number of rotatable bonds is 4. The van der Waals surface area contributed by atoms with E-state index in [2.05, 4.69) is 26.6 Å². The lowest BCUT2D eigenvalue weighted by atomic mass is 9.96. The molecular formula is C19H19BrN2O4. The smallest absolute Gasteiger partial charge is 0.347 e. The fraction of sp³-hybridized carbons (Fsp3) is 0.263. The lowest BCUT2D eigenvalue weighted by Crippen LogP contribution is -2.41. The van der Waals surface area contributed by atoms with Gasteiger partial charge in [0, 0.05) is 16.5 Å². The Morgan fingerprint density at radius 1 is 1.19 bits per heavy atom. The number of amides is 2. The minimum atomic E-state index is -0.751. The maximum Gasteiger partial charge on any atom is 0.347 e. The molecule has 26 heavy (non-hydrogen) atoms. The fourth-order valence-corrected chi connectivity index (χ4v) is 3.20. The number of nitrogens with one attached hydrogen (secondary N) is 2. The number of anilines is 1. The van der Waals surface area contributed by atoms with Crippen molar-refractivity contribution in [2.75, 3.05) is 11.9 Å². The van der Waals surface area contributed by atoms with Crippen molar-refractivity contribution in [2.24, 2.45) is 0 Å². The number of ether oxygens (including phenoxy) is 2. The van der Waals surface area contributed by atoms with Gasteiger partial charge < -0.3 is 20.1 Å². The largest absolute Gasteiger partial charge is 0.478 e. The third kappa shape index (κ3) is 4.16. The van der Waals surface area contributed by atoms with Gasteiger partial charge in [0.1, 0.15) is 5.75 Å². The van der Waals surface area contributed by atoms with E-state index in [-0.39, 0.29) is 18.7 Å². The third-order valence-corrected chi connectivity index (χ3v) is 4.68. The Kier molecular flexibility index (Phi) is 5.78. The molecule has 1 aliphatic rings. The molecular weight excluding hydrogens is 400 g/mol. The Morgan fingerprint density at radius 2 is 1.92 bits per heavy atom. The number of urea groups is 1. The van der Waals surface area contributed by atoms with Crippen LogP contribution in [0.5, 0.6) is 5.75 Å². The summed E-state index contributed by atoms with van der Waals surface area (Å²) < 4.78 is 11.6. The van der Waals surface area contributed by atoms with E-state index < -0.39 is 12.1 Å². The van der Waals surface area contributed by atoms with Crippen molar-refractivity contribution in [3.05, 3.63) is 58.6 Å². The minimum Gasteiger partial charge on any atom is -0.478 e. The van der Waals surface area contributed by atoms with E-state index in [0.717, 1.165) is 10.0 Å². The van der Waals surface area contributed by atoms with Crippen molar-refractivity contribution in [1.29, 1.82) is 0 Å². The highest BCUT2D eigenvalue weighted by atomic mass is 79.9. The highest BCUT2D eigenvalue weighted by Gasteiger charge is 2.34. The van der Waals surface area contributed by atoms with Crippen molar-refractivity contribution in [1.82, 2.24) is 5.32 Å². The van der Waals surface area contributed by atoms with Gasteiger partial charge in [-0.3, -0.25) is 0 Å². The zero-order chi connectivity index (χ0) is 18.5. The molecule has 0 fully saturated rings. The first-order valence-corrected chi connectivity index (χ1v) is 9.12. The number of para-hydroxylation sites is 2. The predicted octanol–water partition coefficient (Wildman–Crippen LogP) is 4.03. The molecule has 136 valence electrons. The number of benzene rings is 2. The molecule has 1 heterocycles. The first kappa shape index (κ1) is 18.3. The van der Waals surface area contributed by atoms with Crippen molar-refractivity contribution >= 4 is 33.6 Å². The van der Waals surface area contributed by atoms with Gasteiger partial charge in [-0.25, -0.2) is 9.59 Å². The Hall–Kier alpha value is -2.54. The molecule has 0 spiro atoms. The molecule has 2 amide bonds. The zero-order valence-corrected chi connectivity index (χ0v) is 15.8. The molecule has 0 aromatic heterocycles. The summed E-state index contributed by atoms with van der Waals surface area (Å²) in [5.41, 5.74) is 1.49. The lowest BCUT2D eigenvalue weighted by molar-refractivity contribution is -0.152. The van der Waals surface area contributed by atoms with Gasteiger partial charge in [0.25, 0.3) is 0 Å². The van der Waals surface area contributed by atoms with Crippen LogP contribution in [0.25, 0.3) is 0 Å². The van der Waals surface area contributed by atoms with E-state index in [0.29, 0.717) is 17.9 Å². The number of carbonyl (C=O) groups is 2. The molecule has 6 nitrogen and oxygen atoms in total. The highest BCUT2D eigenvalue weighted by Crippen LogP contribution is 2.35. The Bertz CT molecular complexity index is 812. The number of fused-ring (bicyclic) bond motifs is 1. The van der Waals surface area contributed by atoms with E-state index in [1.165, 1.54) is 0 Å². The summed E-state index contributed by atoms with van der Waals surface area (Å²) in [7, 11) is 0. The first-order valence-electron chi connectivity index (χ1n) is 8.32. The molecule has 2 unspecified atom stereocenters. The number of carbonyl (C=O) groups excluding carboxylic acids is 2. The van der Waals surface area contributed by atoms with Gasteiger partial charge in [-0.15, -0.1) is 0 Å². The van der Waals surface area contributed by atoms with Crippen LogP contribution in [0.4, 0.5) is 10.5 Å². The second kappa shape index (κ2) is 8.23. The molecule has 0 bridgehead atoms. The van der Waals surface area contributed by atoms with E-state index in [1.807, 2.05) is 36.4 Å². The van der Waals surface area contributed by atoms with Gasteiger partial charge in [0.15, 0.2) is 6.10 Å². The van der Waals surface area contributed by atoms with Gasteiger partial charge in [-0.1, -0.05) is 30.3 Å². The average Bonchev–Trinajstić information content (AvgIpc) is 2.63. The summed E-state index contributed by atoms with van der Waals surface area (Å²) in [4.78, 5) is 24.5. The van der Waals surface area contributed by atoms with E-state index in [9.17, 15) is 9.59 Å². The van der Waals surface area contributed by atoms with Gasteiger partial charge >= 0.3 is 12.0 Å². The van der Waals surface area contributed by atoms with Gasteiger partial charge in [0.2, 0.25) is 0 Å². The average molecular weight is 419 g/mol. The normalized spacial score (nSPS) is 18.2. The quantitative estimate of drug-likeness (QED) is 0.734. The Balaban J connectivity index is 1.76. The molecule has 2 aromatic rings. The van der Waals surface area contributed by atoms with E-state index in [1.54, 1.807) is 19.1 Å². The van der Waals surface area contributed by atoms with Crippen LogP contribution in [0.1, 0.15) is 24.9 Å². The van der Waals surface area contributed by atoms with Crippen LogP contribution < -0.4 is 15.4 Å². The molecule has 2 N–H and O–H groups in total. The van der Waals surface area contributed by atoms with Crippen LogP contribution >= 0.6 is 15.9 Å². The second-order valence-electron chi connectivity index (χ2n) is 5.76. The molecule has 0 radical (unpaired) electrons. The second-order valence-corrected chi connectivity index (χ2v) is 6.62. The van der Waals surface area contributed by atoms with Crippen LogP contribution in [0, 0.1) is 0 Å². The Labute approximate surface area is 160 Å². The third-order valence-electron chi connectivity index (χ3n) is 3.99. The standard InChI is InChI=1S/C19H19BrN2O4/c1-2-25-18(23)17-11-15(12-7-3-6-10-16(12)26-17)22-19(24)21-14-9-5-4-8-13(14)20/h3-10,15,17H,2,11H2,1H3,(H2,21,22,24). The Morgan fingerprint density at radius 3 is 2.69 bits per heavy atom. The first-order chi connectivity index (χ1) is 12.6. The maximum atomic E-state index is 12.4. The molecule has 2 atom stereocenters. The summed E-state index contributed by atoms with van der Waals surface area (Å²) in [5.74, 6) is 0.142. The van der Waals surface area contributed by atoms with Crippen LogP contribution in [-0.4, -0.2) is 24.7 Å². The maximum absolute atomic E-state index is 12.4. The molecule has 2 aromatic carbocycles. The summed E-state index contributed by atoms with van der Waals surface area (Å²) in [6.45, 7) is 2.02. The van der Waals surface area contributed by atoms with Crippen molar-refractivity contribution in [2.45, 2.75) is 25.5 Å². The lowest BCUT2D eigenvalue weighted by Gasteiger charge is -2.31. The van der Waals surface area contributed by atoms with Crippen LogP contribution in [0.3, 0.4) is 0 Å². The van der Waals surface area contributed by atoms with Crippen LogP contribution in [0.15, 0.2) is 53.0 Å².